The highest BCUT2D eigenvalue weighted by Crippen LogP contribution is 2.40. The van der Waals surface area contributed by atoms with E-state index in [4.69, 9.17) is 4.42 Å². The molecule has 0 saturated carbocycles. The lowest BCUT2D eigenvalue weighted by Gasteiger charge is -2.37. The topological polar surface area (TPSA) is 90.3 Å². The molecule has 1 fully saturated rings. The maximum absolute atomic E-state index is 10.9. The monoisotopic (exact) mass is 391 g/mol. The molecule has 4 rings (SSSR count). The van der Waals surface area contributed by atoms with Crippen LogP contribution in [0.1, 0.15) is 35.2 Å². The zero-order chi connectivity index (χ0) is 19.0. The Morgan fingerprint density at radius 1 is 1.26 bits per heavy atom. The summed E-state index contributed by atoms with van der Waals surface area (Å²) in [7, 11) is 0. The van der Waals surface area contributed by atoms with Gasteiger partial charge in [-0.2, -0.15) is 4.52 Å². The smallest absolute Gasteiger partial charge is 0.230 e. The van der Waals surface area contributed by atoms with Crippen LogP contribution in [0.4, 0.5) is 0 Å². The van der Waals surface area contributed by atoms with Crippen molar-refractivity contribution < 1.29 is 14.6 Å². The number of fused-ring (bicyclic) bond motifs is 1. The van der Waals surface area contributed by atoms with Crippen molar-refractivity contribution in [2.45, 2.75) is 26.3 Å². The predicted octanol–water partition coefficient (Wildman–Crippen LogP) is 1.66. The summed E-state index contributed by atoms with van der Waals surface area (Å²) in [6.07, 6.45) is 0.733. The van der Waals surface area contributed by atoms with E-state index in [9.17, 15) is 10.2 Å². The predicted molar refractivity (Wildman–Crippen MR) is 102 cm³/mol. The van der Waals surface area contributed by atoms with E-state index in [1.54, 1.807) is 0 Å². The zero-order valence-electron chi connectivity index (χ0n) is 15.6. The number of aryl methyl sites for hydroxylation is 2. The number of aromatic hydroxyl groups is 1. The summed E-state index contributed by atoms with van der Waals surface area (Å²) < 4.78 is 7.48. The van der Waals surface area contributed by atoms with Gasteiger partial charge in [0.05, 0.1) is 11.5 Å². The van der Waals surface area contributed by atoms with Gasteiger partial charge in [0.25, 0.3) is 0 Å². The molecule has 9 heteroatoms. The molecular formula is C18H25N5O3S. The summed E-state index contributed by atoms with van der Waals surface area (Å²) in [5.74, 6) is 2.53. The molecule has 0 spiro atoms. The molecule has 4 heterocycles. The second-order valence-electron chi connectivity index (χ2n) is 6.82. The molecule has 2 N–H and O–H groups in total. The van der Waals surface area contributed by atoms with Gasteiger partial charge in [-0.3, -0.25) is 9.80 Å². The number of aromatic nitrogens is 3. The van der Waals surface area contributed by atoms with Gasteiger partial charge in [-0.1, -0.05) is 18.3 Å². The Kier molecular flexibility index (Phi) is 5.18. The lowest BCUT2D eigenvalue weighted by molar-refractivity contribution is 0.0880. The molecule has 0 aromatic carbocycles. The first-order valence-corrected chi connectivity index (χ1v) is 10.1. The fourth-order valence-electron chi connectivity index (χ4n) is 3.58. The first-order chi connectivity index (χ1) is 13.1. The van der Waals surface area contributed by atoms with Crippen LogP contribution in [0.15, 0.2) is 16.5 Å². The van der Waals surface area contributed by atoms with Crippen molar-refractivity contribution in [2.24, 2.45) is 0 Å². The normalized spacial score (nSPS) is 17.7. The summed E-state index contributed by atoms with van der Waals surface area (Å²) in [5, 5.41) is 24.4. The van der Waals surface area contributed by atoms with Crippen molar-refractivity contribution in [2.75, 3.05) is 39.3 Å². The molecule has 1 unspecified atom stereocenters. The van der Waals surface area contributed by atoms with Gasteiger partial charge in [-0.25, -0.2) is 4.98 Å². The lowest BCUT2D eigenvalue weighted by atomic mass is 10.1. The zero-order valence-corrected chi connectivity index (χ0v) is 16.4. The van der Waals surface area contributed by atoms with Crippen LogP contribution in [0.2, 0.25) is 0 Å². The maximum atomic E-state index is 10.9. The van der Waals surface area contributed by atoms with Crippen LogP contribution in [0.5, 0.6) is 5.88 Å². The van der Waals surface area contributed by atoms with Crippen molar-refractivity contribution in [1.82, 2.24) is 24.4 Å². The van der Waals surface area contributed by atoms with Crippen LogP contribution >= 0.6 is 11.3 Å². The van der Waals surface area contributed by atoms with E-state index in [0.717, 1.165) is 54.8 Å². The van der Waals surface area contributed by atoms with Gasteiger partial charge < -0.3 is 14.6 Å². The van der Waals surface area contributed by atoms with Gasteiger partial charge in [0, 0.05) is 39.1 Å². The average molecular weight is 391 g/mol. The highest BCUT2D eigenvalue weighted by atomic mass is 32.1. The van der Waals surface area contributed by atoms with E-state index in [1.807, 2.05) is 26.0 Å². The van der Waals surface area contributed by atoms with Crippen LogP contribution in [-0.4, -0.2) is 73.9 Å². The number of piperazine rings is 1. The highest BCUT2D eigenvalue weighted by Gasteiger charge is 2.33. The molecule has 146 valence electrons. The molecule has 0 radical (unpaired) electrons. The van der Waals surface area contributed by atoms with E-state index in [0.29, 0.717) is 11.5 Å². The number of thiazole rings is 1. The Hall–Kier alpha value is -1.94. The first-order valence-electron chi connectivity index (χ1n) is 9.31. The average Bonchev–Trinajstić information content (AvgIpc) is 3.35. The third kappa shape index (κ3) is 3.47. The minimum atomic E-state index is -0.173. The summed E-state index contributed by atoms with van der Waals surface area (Å²) in [5.41, 5.74) is 0. The fourth-order valence-corrected chi connectivity index (χ4v) is 4.70. The third-order valence-electron chi connectivity index (χ3n) is 5.03. The molecule has 1 aliphatic rings. The number of β-amino-alcohol motifs (C(OH)–C–C–N with tert-alkyl or cyclic N) is 1. The molecule has 0 aliphatic carbocycles. The van der Waals surface area contributed by atoms with Crippen molar-refractivity contribution in [3.63, 3.8) is 0 Å². The van der Waals surface area contributed by atoms with Crippen LogP contribution in [-0.2, 0) is 6.42 Å². The van der Waals surface area contributed by atoms with Crippen LogP contribution in [0.25, 0.3) is 4.96 Å². The lowest BCUT2D eigenvalue weighted by Crippen LogP contribution is -2.48. The number of hydrogen-bond donors (Lipinski definition) is 2. The highest BCUT2D eigenvalue weighted by molar-refractivity contribution is 7.17. The third-order valence-corrected chi connectivity index (χ3v) is 6.10. The number of nitrogens with zero attached hydrogens (tertiary/aromatic N) is 5. The van der Waals surface area contributed by atoms with E-state index in [2.05, 4.69) is 19.9 Å². The minimum Gasteiger partial charge on any atom is -0.492 e. The van der Waals surface area contributed by atoms with Crippen molar-refractivity contribution >= 4 is 16.3 Å². The molecule has 0 amide bonds. The fraction of sp³-hybridized carbons (Fsp3) is 0.556. The molecule has 3 aromatic heterocycles. The largest absolute Gasteiger partial charge is 0.492 e. The Labute approximate surface area is 161 Å². The molecule has 0 bridgehead atoms. The number of aliphatic hydroxyl groups is 1. The summed E-state index contributed by atoms with van der Waals surface area (Å²) in [6, 6.07) is 3.76. The molecular weight excluding hydrogens is 366 g/mol. The Bertz CT molecular complexity index is 910. The van der Waals surface area contributed by atoms with Crippen LogP contribution in [0.3, 0.4) is 0 Å². The van der Waals surface area contributed by atoms with Crippen molar-refractivity contribution in [3.05, 3.63) is 34.4 Å². The number of rotatable bonds is 6. The Morgan fingerprint density at radius 2 is 2.04 bits per heavy atom. The second-order valence-corrected chi connectivity index (χ2v) is 7.83. The first kappa shape index (κ1) is 18.4. The number of hydrogen-bond acceptors (Lipinski definition) is 8. The standard InChI is InChI=1S/C18H25N5O3S/c1-3-14-19-18-23(20-14)17(25)16(27-18)15(13-5-4-12(2)26-13)22-8-6-21(7-9-22)10-11-24/h4-5,15,24-25H,3,6-11H2,1-2H3. The van der Waals surface area contributed by atoms with Gasteiger partial charge in [-0.05, 0) is 19.1 Å². The molecule has 1 saturated heterocycles. The number of furan rings is 1. The maximum Gasteiger partial charge on any atom is 0.230 e. The SMILES string of the molecule is CCc1nc2sc(C(c3ccc(C)o3)N3CCN(CCO)CC3)c(O)n2n1. The van der Waals surface area contributed by atoms with Gasteiger partial charge in [0.15, 0.2) is 5.82 Å². The minimum absolute atomic E-state index is 0.138. The van der Waals surface area contributed by atoms with Crippen LogP contribution < -0.4 is 0 Å². The van der Waals surface area contributed by atoms with Gasteiger partial charge in [0.2, 0.25) is 10.8 Å². The Balaban J connectivity index is 1.69. The molecule has 1 atom stereocenters. The van der Waals surface area contributed by atoms with E-state index < -0.39 is 0 Å². The van der Waals surface area contributed by atoms with Crippen LogP contribution in [0, 0.1) is 6.92 Å². The summed E-state index contributed by atoms with van der Waals surface area (Å²) in [6.45, 7) is 8.20. The Morgan fingerprint density at radius 3 is 2.63 bits per heavy atom. The molecule has 1 aliphatic heterocycles. The van der Waals surface area contributed by atoms with Gasteiger partial charge >= 0.3 is 0 Å². The van der Waals surface area contributed by atoms with E-state index >= 15 is 0 Å². The second kappa shape index (κ2) is 7.59. The van der Waals surface area contributed by atoms with E-state index in [-0.39, 0.29) is 18.5 Å². The number of aliphatic hydroxyl groups excluding tert-OH is 1. The molecule has 3 aromatic rings. The van der Waals surface area contributed by atoms with E-state index in [1.165, 1.54) is 15.9 Å². The van der Waals surface area contributed by atoms with Gasteiger partial charge in [0.1, 0.15) is 17.6 Å². The van der Waals surface area contributed by atoms with Crippen molar-refractivity contribution in [3.8, 4) is 5.88 Å². The van der Waals surface area contributed by atoms with Crippen molar-refractivity contribution in [1.29, 1.82) is 0 Å². The van der Waals surface area contributed by atoms with Gasteiger partial charge in [-0.15, -0.1) is 5.10 Å². The molecule has 27 heavy (non-hydrogen) atoms. The quantitative estimate of drug-likeness (QED) is 0.660. The summed E-state index contributed by atoms with van der Waals surface area (Å²) >= 11 is 1.46. The summed E-state index contributed by atoms with van der Waals surface area (Å²) in [4.78, 5) is 10.6. The molecule has 8 nitrogen and oxygen atoms in total.